The standard InChI is InChI=1S/C13H17N3OS/c1-9(8-18(2)17)15-13-11(7-14)6-10-4-3-5-12(10)16-13/h6,9H,3-5,8H2,1-2H3,(H,15,16). The number of hydrogen-bond acceptors (Lipinski definition) is 4. The first-order valence-corrected chi connectivity index (χ1v) is 7.82. The van der Waals surface area contributed by atoms with E-state index in [0.717, 1.165) is 25.0 Å². The molecule has 1 aromatic heterocycles. The Bertz CT molecular complexity index is 522. The molecule has 1 aromatic rings. The molecule has 2 atom stereocenters. The van der Waals surface area contributed by atoms with E-state index in [1.807, 2.05) is 13.0 Å². The van der Waals surface area contributed by atoms with Crippen LogP contribution in [0, 0.1) is 11.3 Å². The summed E-state index contributed by atoms with van der Waals surface area (Å²) in [7, 11) is -0.850. The summed E-state index contributed by atoms with van der Waals surface area (Å²) in [5, 5.41) is 12.4. The van der Waals surface area contributed by atoms with Crippen molar-refractivity contribution in [2.75, 3.05) is 17.3 Å². The number of hydrogen-bond donors (Lipinski definition) is 1. The molecule has 1 aliphatic carbocycles. The van der Waals surface area contributed by atoms with E-state index < -0.39 is 10.8 Å². The summed E-state index contributed by atoms with van der Waals surface area (Å²) in [4.78, 5) is 4.54. The molecule has 5 heteroatoms. The van der Waals surface area contributed by atoms with Gasteiger partial charge >= 0.3 is 0 Å². The van der Waals surface area contributed by atoms with Gasteiger partial charge in [-0.25, -0.2) is 4.98 Å². The molecule has 18 heavy (non-hydrogen) atoms. The SMILES string of the molecule is CC(CS(C)=O)Nc1nc2c(cc1C#N)CCC2. The fourth-order valence-corrected chi connectivity index (χ4v) is 3.08. The van der Waals surface area contributed by atoms with Gasteiger partial charge < -0.3 is 5.32 Å². The van der Waals surface area contributed by atoms with Crippen LogP contribution in [0.5, 0.6) is 0 Å². The molecule has 0 spiro atoms. The number of nitrogens with one attached hydrogen (secondary N) is 1. The topological polar surface area (TPSA) is 65.8 Å². The van der Waals surface area contributed by atoms with E-state index >= 15 is 0 Å². The van der Waals surface area contributed by atoms with Crippen LogP contribution in [0.4, 0.5) is 5.82 Å². The van der Waals surface area contributed by atoms with Crippen molar-refractivity contribution >= 4 is 16.6 Å². The molecule has 1 N–H and O–H groups in total. The van der Waals surface area contributed by atoms with Gasteiger partial charge in [0.05, 0.1) is 5.56 Å². The highest BCUT2D eigenvalue weighted by molar-refractivity contribution is 7.84. The molecule has 0 bridgehead atoms. The molecule has 0 aliphatic heterocycles. The van der Waals surface area contributed by atoms with E-state index in [0.29, 0.717) is 17.1 Å². The zero-order valence-corrected chi connectivity index (χ0v) is 11.5. The maximum absolute atomic E-state index is 11.2. The Kier molecular flexibility index (Phi) is 3.97. The van der Waals surface area contributed by atoms with Gasteiger partial charge in [-0.15, -0.1) is 0 Å². The first kappa shape index (κ1) is 13.0. The van der Waals surface area contributed by atoms with Gasteiger partial charge in [-0.2, -0.15) is 5.26 Å². The third-order valence-corrected chi connectivity index (χ3v) is 4.01. The normalized spacial score (nSPS) is 16.7. The summed E-state index contributed by atoms with van der Waals surface area (Å²) >= 11 is 0. The lowest BCUT2D eigenvalue weighted by Crippen LogP contribution is -2.23. The summed E-state index contributed by atoms with van der Waals surface area (Å²) in [5.41, 5.74) is 2.88. The molecule has 2 unspecified atom stereocenters. The number of nitrogens with zero attached hydrogens (tertiary/aromatic N) is 2. The molecule has 0 radical (unpaired) electrons. The Morgan fingerprint density at radius 2 is 2.39 bits per heavy atom. The van der Waals surface area contributed by atoms with Gasteiger partial charge in [0.25, 0.3) is 0 Å². The van der Waals surface area contributed by atoms with Crippen molar-refractivity contribution in [2.24, 2.45) is 0 Å². The Labute approximate surface area is 110 Å². The van der Waals surface area contributed by atoms with Crippen molar-refractivity contribution in [3.63, 3.8) is 0 Å². The summed E-state index contributed by atoms with van der Waals surface area (Å²) in [6.45, 7) is 1.96. The van der Waals surface area contributed by atoms with Gasteiger partial charge in [0, 0.05) is 34.5 Å². The molecule has 0 fully saturated rings. The molecule has 1 aliphatic rings. The van der Waals surface area contributed by atoms with E-state index in [-0.39, 0.29) is 6.04 Å². The van der Waals surface area contributed by atoms with Crippen LogP contribution in [0.25, 0.3) is 0 Å². The lowest BCUT2D eigenvalue weighted by atomic mass is 10.1. The Hall–Kier alpha value is -1.41. The molecular weight excluding hydrogens is 246 g/mol. The van der Waals surface area contributed by atoms with Gasteiger partial charge in [-0.3, -0.25) is 4.21 Å². The Morgan fingerprint density at radius 3 is 3.06 bits per heavy atom. The fraction of sp³-hybridized carbons (Fsp3) is 0.538. The molecule has 96 valence electrons. The van der Waals surface area contributed by atoms with Gasteiger partial charge in [0.2, 0.25) is 0 Å². The quantitative estimate of drug-likeness (QED) is 0.896. The van der Waals surface area contributed by atoms with Crippen LogP contribution in [0.1, 0.15) is 30.2 Å². The Balaban J connectivity index is 2.22. The number of rotatable bonds is 4. The van der Waals surface area contributed by atoms with Gasteiger partial charge in [-0.05, 0) is 37.8 Å². The largest absolute Gasteiger partial charge is 0.366 e. The van der Waals surface area contributed by atoms with Crippen LogP contribution in [0.15, 0.2) is 6.07 Å². The third-order valence-electron chi connectivity index (χ3n) is 3.04. The number of fused-ring (bicyclic) bond motifs is 1. The maximum atomic E-state index is 11.2. The van der Waals surface area contributed by atoms with E-state index in [2.05, 4.69) is 16.4 Å². The minimum Gasteiger partial charge on any atom is -0.366 e. The number of anilines is 1. The highest BCUT2D eigenvalue weighted by Gasteiger charge is 2.17. The molecule has 0 saturated heterocycles. The molecule has 1 heterocycles. The fourth-order valence-electron chi connectivity index (χ4n) is 2.29. The van der Waals surface area contributed by atoms with E-state index in [1.54, 1.807) is 6.26 Å². The first-order valence-electron chi connectivity index (χ1n) is 6.09. The van der Waals surface area contributed by atoms with Gasteiger partial charge in [-0.1, -0.05) is 0 Å². The molecule has 0 aromatic carbocycles. The van der Waals surface area contributed by atoms with Crippen molar-refractivity contribution in [3.05, 3.63) is 22.9 Å². The molecule has 2 rings (SSSR count). The van der Waals surface area contributed by atoms with E-state index in [1.165, 1.54) is 5.56 Å². The van der Waals surface area contributed by atoms with Crippen LogP contribution in [0.3, 0.4) is 0 Å². The summed E-state index contributed by atoms with van der Waals surface area (Å²) in [6.07, 6.45) is 4.81. The predicted molar refractivity (Wildman–Crippen MR) is 73.0 cm³/mol. The number of aromatic nitrogens is 1. The monoisotopic (exact) mass is 263 g/mol. The summed E-state index contributed by atoms with van der Waals surface area (Å²) in [5.74, 6) is 1.19. The second-order valence-corrected chi connectivity index (χ2v) is 6.22. The van der Waals surface area contributed by atoms with Crippen molar-refractivity contribution in [1.29, 1.82) is 5.26 Å². The average Bonchev–Trinajstić information content (AvgIpc) is 2.73. The smallest absolute Gasteiger partial charge is 0.144 e. The van der Waals surface area contributed by atoms with Crippen LogP contribution < -0.4 is 5.32 Å². The zero-order chi connectivity index (χ0) is 13.1. The van der Waals surface area contributed by atoms with E-state index in [4.69, 9.17) is 5.26 Å². The minimum absolute atomic E-state index is 0.0508. The highest BCUT2D eigenvalue weighted by atomic mass is 32.2. The van der Waals surface area contributed by atoms with Crippen LogP contribution in [-0.4, -0.2) is 27.2 Å². The summed E-state index contributed by atoms with van der Waals surface area (Å²) in [6, 6.07) is 4.17. The second-order valence-electron chi connectivity index (χ2n) is 4.74. The van der Waals surface area contributed by atoms with Crippen molar-refractivity contribution in [2.45, 2.75) is 32.2 Å². The number of nitriles is 1. The second kappa shape index (κ2) is 5.49. The van der Waals surface area contributed by atoms with Crippen LogP contribution >= 0.6 is 0 Å². The van der Waals surface area contributed by atoms with Crippen molar-refractivity contribution in [1.82, 2.24) is 4.98 Å². The van der Waals surface area contributed by atoms with Crippen LogP contribution in [0.2, 0.25) is 0 Å². The van der Waals surface area contributed by atoms with Gasteiger partial charge in [0.15, 0.2) is 0 Å². The maximum Gasteiger partial charge on any atom is 0.144 e. The molecule has 0 amide bonds. The van der Waals surface area contributed by atoms with E-state index in [9.17, 15) is 4.21 Å². The molecular formula is C13H17N3OS. The van der Waals surface area contributed by atoms with Crippen molar-refractivity contribution < 1.29 is 4.21 Å². The average molecular weight is 263 g/mol. The first-order chi connectivity index (χ1) is 8.60. The minimum atomic E-state index is -0.850. The van der Waals surface area contributed by atoms with Crippen LogP contribution in [-0.2, 0) is 23.6 Å². The van der Waals surface area contributed by atoms with Crippen molar-refractivity contribution in [3.8, 4) is 6.07 Å². The highest BCUT2D eigenvalue weighted by Crippen LogP contribution is 2.25. The summed E-state index contributed by atoms with van der Waals surface area (Å²) < 4.78 is 11.2. The lowest BCUT2D eigenvalue weighted by molar-refractivity contribution is 0.683. The predicted octanol–water partition coefficient (Wildman–Crippen LogP) is 1.62. The number of aryl methyl sites for hydroxylation is 2. The Morgan fingerprint density at radius 1 is 1.61 bits per heavy atom. The molecule has 0 saturated carbocycles. The number of pyridine rings is 1. The lowest BCUT2D eigenvalue weighted by Gasteiger charge is -2.15. The zero-order valence-electron chi connectivity index (χ0n) is 10.7. The van der Waals surface area contributed by atoms with Gasteiger partial charge in [0.1, 0.15) is 11.9 Å². The molecule has 4 nitrogen and oxygen atoms in total. The third kappa shape index (κ3) is 2.88.